The lowest BCUT2D eigenvalue weighted by Gasteiger charge is -2.06. The van der Waals surface area contributed by atoms with E-state index in [1.165, 1.54) is 0 Å². The molecule has 84 valence electrons. The maximum absolute atomic E-state index is 5.05. The van der Waals surface area contributed by atoms with Crippen molar-refractivity contribution in [3.63, 3.8) is 0 Å². The molecule has 3 rings (SSSR count). The minimum absolute atomic E-state index is 0.406. The molecule has 0 radical (unpaired) electrons. The number of nitrogens with zero attached hydrogens (tertiary/aromatic N) is 2. The summed E-state index contributed by atoms with van der Waals surface area (Å²) in [7, 11) is 0. The highest BCUT2D eigenvalue weighted by Gasteiger charge is 2.05. The molecule has 0 aliphatic carbocycles. The second-order valence-electron chi connectivity index (χ2n) is 3.51. The van der Waals surface area contributed by atoms with Gasteiger partial charge in [0, 0.05) is 5.69 Å². The van der Waals surface area contributed by atoms with E-state index in [4.69, 9.17) is 12.2 Å². The fourth-order valence-electron chi connectivity index (χ4n) is 1.61. The van der Waals surface area contributed by atoms with E-state index in [0.717, 1.165) is 17.0 Å². The van der Waals surface area contributed by atoms with Gasteiger partial charge in [0.15, 0.2) is 5.65 Å². The van der Waals surface area contributed by atoms with Crippen LogP contribution in [0.1, 0.15) is 0 Å². The minimum atomic E-state index is 0.406. The molecule has 0 unspecified atom stereocenters. The number of para-hydroxylation sites is 1. The van der Waals surface area contributed by atoms with Gasteiger partial charge in [-0.2, -0.15) is 4.98 Å². The lowest BCUT2D eigenvalue weighted by atomic mass is 10.3. The van der Waals surface area contributed by atoms with Crippen LogP contribution in [-0.4, -0.2) is 19.9 Å². The Bertz CT molecular complexity index is 700. The molecule has 0 amide bonds. The van der Waals surface area contributed by atoms with Crippen molar-refractivity contribution in [2.75, 3.05) is 5.32 Å². The second-order valence-corrected chi connectivity index (χ2v) is 3.90. The van der Waals surface area contributed by atoms with Crippen LogP contribution in [0.25, 0.3) is 11.2 Å². The zero-order chi connectivity index (χ0) is 11.7. The summed E-state index contributed by atoms with van der Waals surface area (Å²) in [5.74, 6) is 0.767. The van der Waals surface area contributed by atoms with Gasteiger partial charge in [-0.15, -0.1) is 0 Å². The molecule has 0 atom stereocenters. The van der Waals surface area contributed by atoms with E-state index in [1.807, 2.05) is 30.3 Å². The monoisotopic (exact) mass is 243 g/mol. The Labute approximate surface area is 102 Å². The molecule has 6 heteroatoms. The molecule has 0 aliphatic rings. The van der Waals surface area contributed by atoms with Crippen molar-refractivity contribution in [1.82, 2.24) is 19.9 Å². The summed E-state index contributed by atoms with van der Waals surface area (Å²) in [5, 5.41) is 3.24. The normalized spacial score (nSPS) is 10.6. The van der Waals surface area contributed by atoms with Gasteiger partial charge in [0.05, 0.1) is 6.33 Å². The average Bonchev–Trinajstić information content (AvgIpc) is 2.78. The van der Waals surface area contributed by atoms with Crippen molar-refractivity contribution in [2.24, 2.45) is 0 Å². The molecule has 2 heterocycles. The predicted molar refractivity (Wildman–Crippen MR) is 68.8 cm³/mol. The number of rotatable bonds is 2. The largest absolute Gasteiger partial charge is 0.340 e. The maximum Gasteiger partial charge on any atom is 0.200 e. The quantitative estimate of drug-likeness (QED) is 0.605. The third-order valence-electron chi connectivity index (χ3n) is 2.35. The fourth-order valence-corrected chi connectivity index (χ4v) is 1.80. The Balaban J connectivity index is 2.11. The molecule has 5 nitrogen and oxygen atoms in total. The summed E-state index contributed by atoms with van der Waals surface area (Å²) in [5.41, 5.74) is 2.38. The summed E-state index contributed by atoms with van der Waals surface area (Å²) in [4.78, 5) is 14.2. The molecule has 17 heavy (non-hydrogen) atoms. The summed E-state index contributed by atoms with van der Waals surface area (Å²) >= 11 is 5.05. The van der Waals surface area contributed by atoms with Crippen LogP contribution in [-0.2, 0) is 0 Å². The van der Waals surface area contributed by atoms with Crippen molar-refractivity contribution in [1.29, 1.82) is 0 Å². The highest BCUT2D eigenvalue weighted by molar-refractivity contribution is 7.71. The molecule has 0 saturated heterocycles. The summed E-state index contributed by atoms with van der Waals surface area (Å²) in [6.45, 7) is 0. The first-order valence-electron chi connectivity index (χ1n) is 5.08. The van der Waals surface area contributed by atoms with Gasteiger partial charge >= 0.3 is 0 Å². The first-order chi connectivity index (χ1) is 8.33. The lowest BCUT2D eigenvalue weighted by Crippen LogP contribution is -1.96. The number of fused-ring (bicyclic) bond motifs is 1. The van der Waals surface area contributed by atoms with Crippen LogP contribution in [0.5, 0.6) is 0 Å². The van der Waals surface area contributed by atoms with Crippen molar-refractivity contribution in [2.45, 2.75) is 0 Å². The molecular weight excluding hydrogens is 234 g/mol. The van der Waals surface area contributed by atoms with E-state index in [9.17, 15) is 0 Å². The van der Waals surface area contributed by atoms with E-state index < -0.39 is 0 Å². The van der Waals surface area contributed by atoms with Crippen LogP contribution < -0.4 is 5.32 Å². The van der Waals surface area contributed by atoms with Gasteiger partial charge in [-0.05, 0) is 24.4 Å². The number of hydrogen-bond donors (Lipinski definition) is 3. The van der Waals surface area contributed by atoms with Crippen LogP contribution in [0.15, 0.2) is 36.7 Å². The second kappa shape index (κ2) is 3.99. The van der Waals surface area contributed by atoms with Gasteiger partial charge in [0.25, 0.3) is 0 Å². The van der Waals surface area contributed by atoms with Gasteiger partial charge in [-0.3, -0.25) is 0 Å². The zero-order valence-corrected chi connectivity index (χ0v) is 9.58. The number of H-pyrrole nitrogens is 2. The van der Waals surface area contributed by atoms with Crippen LogP contribution in [0.4, 0.5) is 11.5 Å². The summed E-state index contributed by atoms with van der Waals surface area (Å²) in [6, 6.07) is 9.83. The molecular formula is C11H9N5S. The zero-order valence-electron chi connectivity index (χ0n) is 8.77. The number of benzene rings is 1. The highest BCUT2D eigenvalue weighted by Crippen LogP contribution is 2.19. The lowest BCUT2D eigenvalue weighted by molar-refractivity contribution is 1.16. The topological polar surface area (TPSA) is 69.4 Å². The molecule has 3 aromatic rings. The Morgan fingerprint density at radius 1 is 1.18 bits per heavy atom. The molecule has 1 aromatic carbocycles. The summed E-state index contributed by atoms with van der Waals surface area (Å²) in [6.07, 6.45) is 1.59. The molecule has 3 N–H and O–H groups in total. The van der Waals surface area contributed by atoms with Gasteiger partial charge in [-0.25, -0.2) is 4.98 Å². The first kappa shape index (κ1) is 9.98. The Morgan fingerprint density at radius 2 is 2.00 bits per heavy atom. The van der Waals surface area contributed by atoms with E-state index in [-0.39, 0.29) is 0 Å². The molecule has 0 bridgehead atoms. The summed E-state index contributed by atoms with van der Waals surface area (Å²) < 4.78 is 0.406. The number of nitrogens with one attached hydrogen (secondary N) is 3. The first-order valence-corrected chi connectivity index (χ1v) is 5.49. The number of imidazole rings is 1. The predicted octanol–water partition coefficient (Wildman–Crippen LogP) is 2.76. The van der Waals surface area contributed by atoms with Crippen molar-refractivity contribution in [3.05, 3.63) is 41.4 Å². The maximum atomic E-state index is 5.05. The van der Waals surface area contributed by atoms with Gasteiger partial charge in [0.2, 0.25) is 4.77 Å². The number of aromatic amines is 2. The standard InChI is InChI=1S/C11H9N5S/c17-11-15-9-8(12-6-13-9)10(16-11)14-7-4-2-1-3-5-7/h1-6H,(H3,12,13,14,15,16,17). The van der Waals surface area contributed by atoms with Crippen LogP contribution >= 0.6 is 12.2 Å². The molecule has 0 aliphatic heterocycles. The van der Waals surface area contributed by atoms with E-state index in [0.29, 0.717) is 10.4 Å². The molecule has 2 aromatic heterocycles. The smallest absolute Gasteiger partial charge is 0.200 e. The van der Waals surface area contributed by atoms with Gasteiger partial charge in [-0.1, -0.05) is 18.2 Å². The van der Waals surface area contributed by atoms with E-state index in [1.54, 1.807) is 6.33 Å². The van der Waals surface area contributed by atoms with Crippen molar-refractivity contribution < 1.29 is 0 Å². The van der Waals surface area contributed by atoms with Crippen LogP contribution in [0, 0.1) is 4.77 Å². The number of anilines is 2. The van der Waals surface area contributed by atoms with E-state index in [2.05, 4.69) is 25.3 Å². The number of hydrogen-bond acceptors (Lipinski definition) is 4. The van der Waals surface area contributed by atoms with Gasteiger partial charge in [0.1, 0.15) is 11.3 Å². The minimum Gasteiger partial charge on any atom is -0.340 e. The molecule has 0 spiro atoms. The average molecular weight is 243 g/mol. The highest BCUT2D eigenvalue weighted by atomic mass is 32.1. The number of aromatic nitrogens is 4. The fraction of sp³-hybridized carbons (Fsp3) is 0. The third kappa shape index (κ3) is 1.90. The van der Waals surface area contributed by atoms with Crippen molar-refractivity contribution >= 4 is 34.9 Å². The molecule has 0 fully saturated rings. The Kier molecular flexibility index (Phi) is 2.34. The Morgan fingerprint density at radius 3 is 2.82 bits per heavy atom. The molecule has 0 saturated carbocycles. The van der Waals surface area contributed by atoms with Crippen molar-refractivity contribution in [3.8, 4) is 0 Å². The van der Waals surface area contributed by atoms with Crippen LogP contribution in [0.3, 0.4) is 0 Å². The van der Waals surface area contributed by atoms with E-state index >= 15 is 0 Å². The van der Waals surface area contributed by atoms with Crippen LogP contribution in [0.2, 0.25) is 0 Å². The third-order valence-corrected chi connectivity index (χ3v) is 2.55. The van der Waals surface area contributed by atoms with Gasteiger partial charge < -0.3 is 15.3 Å². The SMILES string of the molecule is S=c1nc2nc[nH]c2c(Nc2ccccc2)[nH]1. The Hall–Kier alpha value is -2.21.